The molecule has 3 heterocycles. The van der Waals surface area contributed by atoms with Crippen molar-refractivity contribution in [3.8, 4) is 5.69 Å². The van der Waals surface area contributed by atoms with Gasteiger partial charge in [-0.2, -0.15) is 4.57 Å². The second kappa shape index (κ2) is 8.46. The second-order valence-corrected chi connectivity index (χ2v) is 8.57. The van der Waals surface area contributed by atoms with E-state index in [9.17, 15) is 14.4 Å². The number of ether oxygens (including phenoxy) is 1. The van der Waals surface area contributed by atoms with Gasteiger partial charge in [0.1, 0.15) is 23.1 Å². The summed E-state index contributed by atoms with van der Waals surface area (Å²) in [6.07, 6.45) is 3.32. The molecule has 4 rings (SSSR count). The van der Waals surface area contributed by atoms with E-state index >= 15 is 0 Å². The number of imide groups is 1. The van der Waals surface area contributed by atoms with Gasteiger partial charge in [0.05, 0.1) is 7.11 Å². The zero-order valence-electron chi connectivity index (χ0n) is 20.0. The maximum atomic E-state index is 13.5. The Bertz CT molecular complexity index is 1160. The number of imidazole rings is 1. The van der Waals surface area contributed by atoms with Gasteiger partial charge in [-0.25, -0.2) is 19.1 Å². The third-order valence-corrected chi connectivity index (χ3v) is 6.60. The summed E-state index contributed by atoms with van der Waals surface area (Å²) in [6.45, 7) is 7.58. The van der Waals surface area contributed by atoms with E-state index < -0.39 is 30.0 Å². The first-order valence-electron chi connectivity index (χ1n) is 11.2. The SMILES string of the molecule is CCCCc1ccc(-n2c(C)c(C)[n+]3c2N=C2C3C(=O)N(C(C)C(=O)OC)C(=O)N2C)cc1. The molecule has 2 aliphatic rings. The number of benzene rings is 1. The number of fused-ring (bicyclic) bond motifs is 3. The highest BCUT2D eigenvalue weighted by molar-refractivity contribution is 6.20. The van der Waals surface area contributed by atoms with Crippen LogP contribution in [-0.2, 0) is 20.7 Å². The summed E-state index contributed by atoms with van der Waals surface area (Å²) in [5, 5.41) is 0. The highest BCUT2D eigenvalue weighted by atomic mass is 16.5. The minimum Gasteiger partial charge on any atom is -0.467 e. The highest BCUT2D eigenvalue weighted by Crippen LogP contribution is 2.33. The number of urea groups is 1. The predicted molar refractivity (Wildman–Crippen MR) is 122 cm³/mol. The number of likely N-dealkylation sites (N-methyl/N-ethyl adjacent to an activating group) is 1. The van der Waals surface area contributed by atoms with Crippen molar-refractivity contribution in [2.24, 2.45) is 4.99 Å². The first-order chi connectivity index (χ1) is 15.7. The number of methoxy groups -OCH3 is 1. The molecule has 1 saturated heterocycles. The number of amides is 3. The van der Waals surface area contributed by atoms with E-state index in [0.717, 1.165) is 41.2 Å². The van der Waals surface area contributed by atoms with Crippen LogP contribution in [0.25, 0.3) is 5.69 Å². The fourth-order valence-corrected chi connectivity index (χ4v) is 4.54. The van der Waals surface area contributed by atoms with Gasteiger partial charge in [0.25, 0.3) is 5.91 Å². The summed E-state index contributed by atoms with van der Waals surface area (Å²) in [5.41, 5.74) is 4.03. The Balaban J connectivity index is 1.79. The molecule has 2 aromatic rings. The van der Waals surface area contributed by atoms with E-state index in [1.165, 1.54) is 24.5 Å². The molecule has 2 atom stereocenters. The van der Waals surface area contributed by atoms with Crippen LogP contribution in [0.2, 0.25) is 0 Å². The van der Waals surface area contributed by atoms with Gasteiger partial charge in [-0.1, -0.05) is 30.5 Å². The van der Waals surface area contributed by atoms with Gasteiger partial charge in [-0.3, -0.25) is 9.69 Å². The van der Waals surface area contributed by atoms with Crippen LogP contribution >= 0.6 is 0 Å². The number of aryl methyl sites for hydroxylation is 1. The quantitative estimate of drug-likeness (QED) is 0.498. The van der Waals surface area contributed by atoms with Crippen LogP contribution in [-0.4, -0.2) is 58.3 Å². The van der Waals surface area contributed by atoms with E-state index in [0.29, 0.717) is 11.8 Å². The molecule has 2 aliphatic heterocycles. The maximum absolute atomic E-state index is 13.5. The fraction of sp³-hybridized carbons (Fsp3) is 0.458. The summed E-state index contributed by atoms with van der Waals surface area (Å²) in [6, 6.07) is 5.89. The number of nitrogens with zero attached hydrogens (tertiary/aromatic N) is 5. The Morgan fingerprint density at radius 2 is 1.88 bits per heavy atom. The molecule has 0 N–H and O–H groups in total. The third-order valence-electron chi connectivity index (χ3n) is 6.60. The van der Waals surface area contributed by atoms with E-state index in [2.05, 4.69) is 31.2 Å². The largest absolute Gasteiger partial charge is 0.467 e. The molecule has 0 spiro atoms. The molecule has 9 heteroatoms. The number of unbranched alkanes of at least 4 members (excludes halogenated alkanes) is 1. The number of carbonyl (C=O) groups is 3. The number of rotatable bonds is 6. The molecule has 0 radical (unpaired) electrons. The number of amidine groups is 1. The molecule has 1 aromatic carbocycles. The average molecular weight is 453 g/mol. The number of hydrogen-bond donors (Lipinski definition) is 0. The molecule has 33 heavy (non-hydrogen) atoms. The maximum Gasteiger partial charge on any atom is 0.407 e. The van der Waals surface area contributed by atoms with Crippen LogP contribution in [0.4, 0.5) is 10.7 Å². The van der Waals surface area contributed by atoms with Gasteiger partial charge in [-0.05, 0) is 51.3 Å². The van der Waals surface area contributed by atoms with Gasteiger partial charge in [0.15, 0.2) is 0 Å². The fourth-order valence-electron chi connectivity index (χ4n) is 4.54. The van der Waals surface area contributed by atoms with Gasteiger partial charge in [-0.15, -0.1) is 0 Å². The van der Waals surface area contributed by atoms with Gasteiger partial charge in [0.2, 0.25) is 11.9 Å². The summed E-state index contributed by atoms with van der Waals surface area (Å²) in [5.74, 6) is -0.215. The standard InChI is InChI=1S/C24H30N5O4/c1-7-8-9-17-10-12-18(13-11-17)27-14(2)15(3)28-19-20(25-23(27)28)26(5)24(32)29(21(19)30)16(4)22(31)33-6/h10-13,16,19H,7-9H2,1-6H3/q+1. The molecule has 2 unspecified atom stereocenters. The Morgan fingerprint density at radius 1 is 1.21 bits per heavy atom. The van der Waals surface area contributed by atoms with Gasteiger partial charge in [0, 0.05) is 7.05 Å². The summed E-state index contributed by atoms with van der Waals surface area (Å²) >= 11 is 0. The molecule has 0 aliphatic carbocycles. The zero-order valence-corrected chi connectivity index (χ0v) is 20.0. The minimum atomic E-state index is -1.04. The van der Waals surface area contributed by atoms with Crippen LogP contribution in [0, 0.1) is 13.8 Å². The summed E-state index contributed by atoms with van der Waals surface area (Å²) < 4.78 is 8.62. The number of aliphatic imine (C=N–C) groups is 1. The molecule has 3 amide bonds. The first kappa shape index (κ1) is 22.7. The zero-order chi connectivity index (χ0) is 24.0. The van der Waals surface area contributed by atoms with E-state index in [4.69, 9.17) is 9.73 Å². The topological polar surface area (TPSA) is 88.1 Å². The summed E-state index contributed by atoms with van der Waals surface area (Å²) in [7, 11) is 2.80. The molecule has 174 valence electrons. The number of aromatic nitrogens is 2. The molecule has 0 bridgehead atoms. The van der Waals surface area contributed by atoms with E-state index in [1.54, 1.807) is 7.05 Å². The molecule has 1 aromatic heterocycles. The molecular weight excluding hydrogens is 422 g/mol. The molecular formula is C24H30N5O4+. The lowest BCUT2D eigenvalue weighted by atomic mass is 10.1. The lowest BCUT2D eigenvalue weighted by Gasteiger charge is -2.35. The van der Waals surface area contributed by atoms with Crippen molar-refractivity contribution in [3.05, 3.63) is 41.2 Å². The van der Waals surface area contributed by atoms with E-state index in [1.807, 2.05) is 23.0 Å². The minimum absolute atomic E-state index is 0.352. The average Bonchev–Trinajstić information content (AvgIpc) is 3.31. The van der Waals surface area contributed by atoms with Crippen LogP contribution in [0.5, 0.6) is 0 Å². The third kappa shape index (κ3) is 3.42. The van der Waals surface area contributed by atoms with Crippen molar-refractivity contribution >= 4 is 29.7 Å². The summed E-state index contributed by atoms with van der Waals surface area (Å²) in [4.78, 5) is 45.6. The lowest BCUT2D eigenvalue weighted by molar-refractivity contribution is -0.682. The lowest BCUT2D eigenvalue weighted by Crippen LogP contribution is -2.66. The number of hydrogen-bond acceptors (Lipinski definition) is 5. The smallest absolute Gasteiger partial charge is 0.407 e. The Kier molecular flexibility index (Phi) is 5.82. The van der Waals surface area contributed by atoms with Crippen LogP contribution in [0.3, 0.4) is 0 Å². The Hall–Kier alpha value is -3.49. The van der Waals surface area contributed by atoms with Gasteiger partial charge < -0.3 is 4.74 Å². The molecule has 1 fully saturated rings. The Labute approximate surface area is 193 Å². The predicted octanol–water partition coefficient (Wildman–Crippen LogP) is 2.76. The van der Waals surface area contributed by atoms with E-state index in [-0.39, 0.29) is 0 Å². The van der Waals surface area contributed by atoms with Crippen molar-refractivity contribution < 1.29 is 23.7 Å². The van der Waals surface area contributed by atoms with Crippen molar-refractivity contribution in [1.29, 1.82) is 0 Å². The molecule has 0 saturated carbocycles. The second-order valence-electron chi connectivity index (χ2n) is 8.57. The van der Waals surface area contributed by atoms with Crippen molar-refractivity contribution in [3.63, 3.8) is 0 Å². The normalized spacial score (nSPS) is 18.2. The Morgan fingerprint density at radius 3 is 2.48 bits per heavy atom. The molecule has 9 nitrogen and oxygen atoms in total. The van der Waals surface area contributed by atoms with Gasteiger partial charge >= 0.3 is 17.9 Å². The van der Waals surface area contributed by atoms with Crippen LogP contribution < -0.4 is 4.57 Å². The highest BCUT2D eigenvalue weighted by Gasteiger charge is 2.56. The van der Waals surface area contributed by atoms with Crippen LogP contribution in [0.1, 0.15) is 49.7 Å². The van der Waals surface area contributed by atoms with Crippen molar-refractivity contribution in [2.45, 2.75) is 59.0 Å². The van der Waals surface area contributed by atoms with Crippen molar-refractivity contribution in [1.82, 2.24) is 14.4 Å². The van der Waals surface area contributed by atoms with Crippen LogP contribution in [0.15, 0.2) is 29.3 Å². The van der Waals surface area contributed by atoms with Crippen molar-refractivity contribution in [2.75, 3.05) is 14.2 Å². The number of esters is 1. The first-order valence-corrected chi connectivity index (χ1v) is 11.2. The number of carbonyl (C=O) groups excluding carboxylic acids is 3. The monoisotopic (exact) mass is 452 g/mol.